The normalized spacial score (nSPS) is 10.2. The number of furan rings is 1. The van der Waals surface area contributed by atoms with Crippen molar-refractivity contribution in [1.82, 2.24) is 19.9 Å². The number of anilines is 1. The predicted molar refractivity (Wildman–Crippen MR) is 70.9 cm³/mol. The molecule has 3 aromatic rings. The number of H-pyrrole nitrogens is 1. The Labute approximate surface area is 113 Å². The third kappa shape index (κ3) is 2.23. The molecule has 0 unspecified atom stereocenters. The Hall–Kier alpha value is -2.52. The van der Waals surface area contributed by atoms with Gasteiger partial charge in [0.1, 0.15) is 5.52 Å². The number of hydrogen-bond acceptors (Lipinski definition) is 5. The number of aromatic nitrogens is 4. The quantitative estimate of drug-likeness (QED) is 0.663. The maximum absolute atomic E-state index is 5.66. The lowest BCUT2D eigenvalue weighted by Crippen LogP contribution is -1.98. The summed E-state index contributed by atoms with van der Waals surface area (Å²) in [5.74, 6) is 7.07. The molecule has 0 amide bonds. The van der Waals surface area contributed by atoms with Crippen LogP contribution >= 0.6 is 11.6 Å². The van der Waals surface area contributed by atoms with Gasteiger partial charge in [0.25, 0.3) is 0 Å². The summed E-state index contributed by atoms with van der Waals surface area (Å²) >= 11 is 5.66. The molecule has 0 aliphatic rings. The molecule has 0 saturated carbocycles. The number of nitrogens with one attached hydrogen (secondary N) is 2. The second-order valence-electron chi connectivity index (χ2n) is 3.60. The van der Waals surface area contributed by atoms with Crippen LogP contribution in [0.3, 0.4) is 0 Å². The fourth-order valence-electron chi connectivity index (χ4n) is 1.57. The number of aromatic amines is 1. The molecule has 2 N–H and O–H groups in total. The summed E-state index contributed by atoms with van der Waals surface area (Å²) in [5, 5.41) is 3.26. The third-order valence-corrected chi connectivity index (χ3v) is 2.60. The lowest BCUT2D eigenvalue weighted by atomic mass is 10.4. The van der Waals surface area contributed by atoms with Crippen LogP contribution in [0.5, 0.6) is 0 Å². The van der Waals surface area contributed by atoms with E-state index >= 15 is 0 Å². The molecule has 3 rings (SSSR count). The lowest BCUT2D eigenvalue weighted by Gasteiger charge is -1.99. The minimum atomic E-state index is 0.295. The van der Waals surface area contributed by atoms with Gasteiger partial charge in [-0.25, -0.2) is 9.97 Å². The van der Waals surface area contributed by atoms with Crippen molar-refractivity contribution < 1.29 is 4.42 Å². The molecule has 3 heterocycles. The molecule has 0 fully saturated rings. The van der Waals surface area contributed by atoms with E-state index in [1.807, 2.05) is 0 Å². The van der Waals surface area contributed by atoms with Crippen molar-refractivity contribution in [1.29, 1.82) is 0 Å². The summed E-state index contributed by atoms with van der Waals surface area (Å²) in [6, 6.07) is 3.31. The summed E-state index contributed by atoms with van der Waals surface area (Å²) in [5.41, 5.74) is 1.30. The van der Waals surface area contributed by atoms with E-state index in [1.165, 1.54) is 0 Å². The van der Waals surface area contributed by atoms with Crippen molar-refractivity contribution in [3.8, 4) is 11.8 Å². The van der Waals surface area contributed by atoms with Gasteiger partial charge in [-0.3, -0.25) is 0 Å². The molecule has 0 aliphatic carbocycles. The number of fused-ring (bicyclic) bond motifs is 1. The Balaban J connectivity index is 2.03. The summed E-state index contributed by atoms with van der Waals surface area (Å²) in [6.45, 7) is 0. The van der Waals surface area contributed by atoms with E-state index in [9.17, 15) is 0 Å². The fourth-order valence-corrected chi connectivity index (χ4v) is 1.72. The molecule has 0 bridgehead atoms. The molecule has 0 aliphatic heterocycles. The number of rotatable bonds is 1. The highest BCUT2D eigenvalue weighted by molar-refractivity contribution is 6.28. The first-order valence-corrected chi connectivity index (χ1v) is 5.80. The summed E-state index contributed by atoms with van der Waals surface area (Å²) in [6.07, 6.45) is 1.56. The number of hydrogen-bond donors (Lipinski definition) is 2. The molecule has 19 heavy (non-hydrogen) atoms. The van der Waals surface area contributed by atoms with E-state index < -0.39 is 0 Å². The van der Waals surface area contributed by atoms with Gasteiger partial charge in [0.05, 0.1) is 6.33 Å². The Morgan fingerprint density at radius 2 is 2.21 bits per heavy atom. The molecular formula is C12H8ClN5O. The van der Waals surface area contributed by atoms with Crippen molar-refractivity contribution in [2.45, 2.75) is 0 Å². The number of imidazole rings is 1. The first-order chi connectivity index (χ1) is 9.26. The van der Waals surface area contributed by atoms with E-state index in [1.54, 1.807) is 25.5 Å². The van der Waals surface area contributed by atoms with Crippen LogP contribution in [0.25, 0.3) is 11.2 Å². The maximum atomic E-state index is 5.66. The summed E-state index contributed by atoms with van der Waals surface area (Å²) in [4.78, 5) is 15.5. The van der Waals surface area contributed by atoms with Crippen molar-refractivity contribution >= 4 is 28.6 Å². The SMILES string of the molecule is CNc1nc(C#Cc2ccc(Cl)o2)nc2nc[nH]c12. The molecular weight excluding hydrogens is 266 g/mol. The van der Waals surface area contributed by atoms with Crippen molar-refractivity contribution in [2.24, 2.45) is 0 Å². The Kier molecular flexibility index (Phi) is 2.82. The van der Waals surface area contributed by atoms with Gasteiger partial charge < -0.3 is 14.7 Å². The fraction of sp³-hybridized carbons (Fsp3) is 0.0833. The van der Waals surface area contributed by atoms with Gasteiger partial charge in [-0.05, 0) is 35.6 Å². The molecule has 7 heteroatoms. The lowest BCUT2D eigenvalue weighted by molar-refractivity contribution is 0.556. The largest absolute Gasteiger partial charge is 0.436 e. The zero-order valence-corrected chi connectivity index (χ0v) is 10.6. The van der Waals surface area contributed by atoms with Crippen LogP contribution in [-0.2, 0) is 0 Å². The average molecular weight is 274 g/mol. The molecule has 0 saturated heterocycles. The average Bonchev–Trinajstić information content (AvgIpc) is 3.03. The Morgan fingerprint density at radius 3 is 2.95 bits per heavy atom. The van der Waals surface area contributed by atoms with E-state index in [-0.39, 0.29) is 0 Å². The van der Waals surface area contributed by atoms with E-state index in [0.29, 0.717) is 28.3 Å². The van der Waals surface area contributed by atoms with Crippen LogP contribution in [0, 0.1) is 11.8 Å². The zero-order valence-electron chi connectivity index (χ0n) is 9.86. The van der Waals surface area contributed by atoms with Crippen LogP contribution in [0.15, 0.2) is 22.9 Å². The van der Waals surface area contributed by atoms with Crippen molar-refractivity contribution in [3.63, 3.8) is 0 Å². The second kappa shape index (κ2) is 4.63. The van der Waals surface area contributed by atoms with E-state index in [2.05, 4.69) is 37.1 Å². The summed E-state index contributed by atoms with van der Waals surface area (Å²) in [7, 11) is 1.77. The van der Waals surface area contributed by atoms with Gasteiger partial charge in [0, 0.05) is 7.05 Å². The van der Waals surface area contributed by atoms with Crippen LogP contribution in [0.2, 0.25) is 5.22 Å². The molecule has 94 valence electrons. The molecule has 6 nitrogen and oxygen atoms in total. The molecule has 0 spiro atoms. The number of nitrogens with zero attached hydrogens (tertiary/aromatic N) is 3. The van der Waals surface area contributed by atoms with Crippen molar-refractivity contribution in [2.75, 3.05) is 12.4 Å². The van der Waals surface area contributed by atoms with Crippen LogP contribution < -0.4 is 5.32 Å². The first-order valence-electron chi connectivity index (χ1n) is 5.42. The summed E-state index contributed by atoms with van der Waals surface area (Å²) < 4.78 is 5.13. The van der Waals surface area contributed by atoms with Gasteiger partial charge in [-0.15, -0.1) is 0 Å². The Morgan fingerprint density at radius 1 is 1.32 bits per heavy atom. The second-order valence-corrected chi connectivity index (χ2v) is 3.97. The van der Waals surface area contributed by atoms with Gasteiger partial charge >= 0.3 is 0 Å². The smallest absolute Gasteiger partial charge is 0.209 e. The predicted octanol–water partition coefficient (Wildman–Crippen LogP) is 2.04. The van der Waals surface area contributed by atoms with Crippen molar-refractivity contribution in [3.05, 3.63) is 35.3 Å². The topological polar surface area (TPSA) is 79.6 Å². The van der Waals surface area contributed by atoms with Crippen LogP contribution in [0.4, 0.5) is 5.82 Å². The number of halogens is 1. The van der Waals surface area contributed by atoms with E-state index in [4.69, 9.17) is 16.0 Å². The minimum absolute atomic E-state index is 0.295. The van der Waals surface area contributed by atoms with Crippen LogP contribution in [-0.4, -0.2) is 27.0 Å². The molecule has 0 atom stereocenters. The zero-order chi connectivity index (χ0) is 13.2. The molecule has 3 aromatic heterocycles. The highest BCUT2D eigenvalue weighted by Crippen LogP contribution is 2.15. The van der Waals surface area contributed by atoms with Crippen LogP contribution in [0.1, 0.15) is 11.6 Å². The maximum Gasteiger partial charge on any atom is 0.209 e. The Bertz CT molecular complexity index is 795. The highest BCUT2D eigenvalue weighted by Gasteiger charge is 2.07. The van der Waals surface area contributed by atoms with E-state index in [0.717, 1.165) is 5.52 Å². The minimum Gasteiger partial charge on any atom is -0.436 e. The first kappa shape index (κ1) is 11.6. The van der Waals surface area contributed by atoms with Gasteiger partial charge in [-0.2, -0.15) is 4.98 Å². The van der Waals surface area contributed by atoms with Gasteiger partial charge in [-0.1, -0.05) is 0 Å². The van der Waals surface area contributed by atoms with Gasteiger partial charge in [0.2, 0.25) is 5.82 Å². The molecule has 0 aromatic carbocycles. The monoisotopic (exact) mass is 273 g/mol. The van der Waals surface area contributed by atoms with Gasteiger partial charge in [0.15, 0.2) is 22.4 Å². The standard InChI is InChI=1S/C12H8ClN5O/c1-14-11-10-12(16-6-15-10)18-9(17-11)5-3-7-2-4-8(13)19-7/h2,4,6H,1H3,(H2,14,15,16,17,18). The third-order valence-electron chi connectivity index (χ3n) is 2.39. The highest BCUT2D eigenvalue weighted by atomic mass is 35.5. The molecule has 0 radical (unpaired) electrons.